The van der Waals surface area contributed by atoms with Crippen molar-refractivity contribution >= 4 is 24.8 Å². The van der Waals surface area contributed by atoms with Crippen LogP contribution in [0.1, 0.15) is 76.6 Å². The van der Waals surface area contributed by atoms with Crippen LogP contribution in [0.2, 0.25) is 0 Å². The molecule has 0 aliphatic heterocycles. The quantitative estimate of drug-likeness (QED) is 0.211. The summed E-state index contributed by atoms with van der Waals surface area (Å²) in [6.45, 7) is 18.3. The van der Waals surface area contributed by atoms with Crippen molar-refractivity contribution in [3.8, 4) is 0 Å². The fourth-order valence-electron chi connectivity index (χ4n) is 4.33. The fraction of sp³-hybridized carbons (Fsp3) is 0.387. The zero-order chi connectivity index (χ0) is 23.7. The molecule has 1 fully saturated rings. The van der Waals surface area contributed by atoms with Gasteiger partial charge in [-0.25, -0.2) is 12.1 Å². The molecular weight excluding hydrogens is 464 g/mol. The van der Waals surface area contributed by atoms with E-state index in [1.807, 2.05) is 30.3 Å². The minimum atomic E-state index is 0.180. The van der Waals surface area contributed by atoms with Crippen molar-refractivity contribution in [1.82, 2.24) is 0 Å². The van der Waals surface area contributed by atoms with E-state index in [4.69, 9.17) is 0 Å². The van der Waals surface area contributed by atoms with Gasteiger partial charge >= 0.3 is 40.3 Å². The minimum absolute atomic E-state index is 0.180. The van der Waals surface area contributed by atoms with Crippen LogP contribution >= 0.6 is 0 Å². The van der Waals surface area contributed by atoms with Crippen molar-refractivity contribution in [2.45, 2.75) is 79.1 Å². The van der Waals surface area contributed by atoms with Gasteiger partial charge < -0.3 is 0 Å². The standard InChI is InChI=1S/C23H29.C5H5.C3H4.Zr/c1-14-9-16-11-17-10-15(2)21(23(6,7)8)13-19(17)18(16)12-20(14)22(3,4)5;1-2-4-5-3-1;1-2-3-1;/h9-13H,1-8H3;1-5H;1-2H2;/q2*-1;;+2. The molecule has 0 aromatic heterocycles. The predicted molar refractivity (Wildman–Crippen MR) is 140 cm³/mol. The van der Waals surface area contributed by atoms with Gasteiger partial charge in [0.25, 0.3) is 0 Å². The van der Waals surface area contributed by atoms with E-state index in [1.165, 1.54) is 56.6 Å². The molecule has 0 unspecified atom stereocenters. The van der Waals surface area contributed by atoms with Crippen LogP contribution in [0, 0.1) is 13.8 Å². The Morgan fingerprint density at radius 1 is 0.688 bits per heavy atom. The van der Waals surface area contributed by atoms with Crippen LogP contribution in [0.25, 0.3) is 21.5 Å². The molecular formula is C31H38Zr. The summed E-state index contributed by atoms with van der Waals surface area (Å²) in [7, 11) is 0. The third kappa shape index (κ3) is 6.26. The van der Waals surface area contributed by atoms with Crippen LogP contribution in [-0.2, 0) is 35.1 Å². The summed E-state index contributed by atoms with van der Waals surface area (Å²) in [6, 6.07) is 21.9. The summed E-state index contributed by atoms with van der Waals surface area (Å²) in [6.07, 6.45) is 2.89. The number of hydrogen-bond donors (Lipinski definition) is 0. The van der Waals surface area contributed by atoms with Crippen LogP contribution < -0.4 is 0 Å². The summed E-state index contributed by atoms with van der Waals surface area (Å²) < 4.78 is 1.76. The van der Waals surface area contributed by atoms with Gasteiger partial charge in [-0.1, -0.05) is 75.9 Å². The zero-order valence-electron chi connectivity index (χ0n) is 21.2. The molecule has 0 nitrogen and oxygen atoms in total. The Hall–Kier alpha value is -1.59. The SMILES string of the molecule is Cc1cc2[cH-]c3cc(C)c(C(C)(C)C)cc3c2cc1C(C)(C)C.[Zr+2]=[C]1CC1.c1cc[cH-]c1. The van der Waals surface area contributed by atoms with E-state index in [0.717, 1.165) is 0 Å². The molecule has 166 valence electrons. The molecule has 0 N–H and O–H groups in total. The topological polar surface area (TPSA) is 0 Å². The Balaban J connectivity index is 0.000000264. The maximum absolute atomic E-state index is 2.43. The average Bonchev–Trinajstić information content (AvgIpc) is 3.14. The molecule has 0 saturated heterocycles. The molecule has 0 atom stereocenters. The molecule has 0 heterocycles. The maximum atomic E-state index is 2.43. The van der Waals surface area contributed by atoms with Gasteiger partial charge in [-0.3, -0.25) is 0 Å². The van der Waals surface area contributed by atoms with Gasteiger partial charge in [-0.2, -0.15) is 18.2 Å². The van der Waals surface area contributed by atoms with Gasteiger partial charge in [0.1, 0.15) is 0 Å². The molecule has 0 spiro atoms. The first kappa shape index (κ1) is 25.0. The average molecular weight is 502 g/mol. The van der Waals surface area contributed by atoms with Crippen molar-refractivity contribution in [1.29, 1.82) is 0 Å². The van der Waals surface area contributed by atoms with E-state index in [0.29, 0.717) is 0 Å². The van der Waals surface area contributed by atoms with Gasteiger partial charge in [0.05, 0.1) is 0 Å². The van der Waals surface area contributed by atoms with Crippen LogP contribution in [-0.4, -0.2) is 3.21 Å². The first-order valence-corrected chi connectivity index (χ1v) is 13.0. The van der Waals surface area contributed by atoms with E-state index >= 15 is 0 Å². The number of rotatable bonds is 0. The first-order valence-electron chi connectivity index (χ1n) is 11.8. The molecule has 0 bridgehead atoms. The van der Waals surface area contributed by atoms with E-state index in [1.54, 1.807) is 27.4 Å². The van der Waals surface area contributed by atoms with E-state index < -0.39 is 0 Å². The van der Waals surface area contributed by atoms with Gasteiger partial charge in [0.15, 0.2) is 0 Å². The summed E-state index contributed by atoms with van der Waals surface area (Å²) in [5.74, 6) is 0. The number of hydrogen-bond acceptors (Lipinski definition) is 0. The predicted octanol–water partition coefficient (Wildman–Crippen LogP) is 8.83. The Morgan fingerprint density at radius 3 is 1.31 bits per heavy atom. The van der Waals surface area contributed by atoms with Crippen LogP contribution in [0.15, 0.2) is 60.7 Å². The molecule has 4 aromatic carbocycles. The van der Waals surface area contributed by atoms with E-state index in [2.05, 4.69) is 85.7 Å². The Morgan fingerprint density at radius 2 is 1.06 bits per heavy atom. The third-order valence-corrected chi connectivity index (χ3v) is 7.29. The first-order chi connectivity index (χ1) is 14.9. The second-order valence-electron chi connectivity index (χ2n) is 11.2. The minimum Gasteiger partial charge on any atom is -0.214 e. The Bertz CT molecular complexity index is 1100. The summed E-state index contributed by atoms with van der Waals surface area (Å²) in [4.78, 5) is 0. The van der Waals surface area contributed by atoms with Crippen molar-refractivity contribution in [2.75, 3.05) is 0 Å². The molecule has 1 aliphatic rings. The maximum Gasteiger partial charge on any atom is -0.172 e. The smallest absolute Gasteiger partial charge is 0.172 e. The van der Waals surface area contributed by atoms with Crippen molar-refractivity contribution < 1.29 is 24.2 Å². The largest absolute Gasteiger partial charge is 0.214 e. The molecule has 4 aromatic rings. The molecule has 0 radical (unpaired) electrons. The van der Waals surface area contributed by atoms with E-state index in [9.17, 15) is 0 Å². The molecule has 1 heteroatoms. The molecule has 0 amide bonds. The number of aryl methyl sites for hydroxylation is 2. The molecule has 5 rings (SSSR count). The van der Waals surface area contributed by atoms with Gasteiger partial charge in [0, 0.05) is 0 Å². The molecule has 1 aliphatic carbocycles. The van der Waals surface area contributed by atoms with Crippen molar-refractivity contribution in [2.24, 2.45) is 0 Å². The summed E-state index contributed by atoms with van der Waals surface area (Å²) in [5.41, 5.74) is 6.06. The van der Waals surface area contributed by atoms with Crippen LogP contribution in [0.3, 0.4) is 0 Å². The Labute approximate surface area is 210 Å². The Kier molecular flexibility index (Phi) is 7.61. The monoisotopic (exact) mass is 500 g/mol. The zero-order valence-corrected chi connectivity index (χ0v) is 23.6. The van der Waals surface area contributed by atoms with Gasteiger partial charge in [0.2, 0.25) is 0 Å². The number of fused-ring (bicyclic) bond motifs is 3. The van der Waals surface area contributed by atoms with Crippen molar-refractivity contribution in [3.63, 3.8) is 0 Å². The molecule has 32 heavy (non-hydrogen) atoms. The normalized spacial score (nSPS) is 13.5. The second-order valence-corrected chi connectivity index (χ2v) is 13.0. The molecule has 1 saturated carbocycles. The second kappa shape index (κ2) is 9.73. The summed E-state index contributed by atoms with van der Waals surface area (Å²) >= 11 is 1.66. The fourth-order valence-corrected chi connectivity index (χ4v) is 4.64. The summed E-state index contributed by atoms with van der Waals surface area (Å²) in [5, 5.41) is 5.55. The van der Waals surface area contributed by atoms with E-state index in [-0.39, 0.29) is 10.8 Å². The van der Waals surface area contributed by atoms with Crippen LogP contribution in [0.4, 0.5) is 0 Å². The van der Waals surface area contributed by atoms with Gasteiger partial charge in [-0.15, -0.1) is 39.7 Å². The third-order valence-electron chi connectivity index (χ3n) is 6.07. The van der Waals surface area contributed by atoms with Crippen LogP contribution in [0.5, 0.6) is 0 Å². The van der Waals surface area contributed by atoms with Gasteiger partial charge in [-0.05, 0) is 24.7 Å². The number of benzene rings is 2. The van der Waals surface area contributed by atoms with Crippen molar-refractivity contribution in [3.05, 3.63) is 82.9 Å².